The Hall–Kier alpha value is -0.830. The van der Waals surface area contributed by atoms with Crippen molar-refractivity contribution < 1.29 is 18.7 Å². The molecule has 0 heterocycles. The first-order valence-electron chi connectivity index (χ1n) is 7.22. The zero-order valence-corrected chi connectivity index (χ0v) is 14.8. The highest BCUT2D eigenvalue weighted by Gasteiger charge is 2.31. The Morgan fingerprint density at radius 2 is 1.81 bits per heavy atom. The summed E-state index contributed by atoms with van der Waals surface area (Å²) in [5.41, 5.74) is 2.40. The first-order chi connectivity index (χ1) is 9.69. The van der Waals surface area contributed by atoms with Crippen LogP contribution in [0.15, 0.2) is 12.1 Å². The third-order valence-electron chi connectivity index (χ3n) is 3.82. The summed E-state index contributed by atoms with van der Waals surface area (Å²) in [5.74, 6) is 0.252. The van der Waals surface area contributed by atoms with E-state index in [2.05, 4.69) is 20.8 Å². The lowest BCUT2D eigenvalue weighted by Crippen LogP contribution is -2.19. The Labute approximate surface area is 128 Å². The summed E-state index contributed by atoms with van der Waals surface area (Å²) in [7, 11) is -0.398. The SMILES string of the molecule is CCCC(C)(C)c1c(O)cc(C)cc1CP(=O)(OC)OC. The molecule has 0 fully saturated rings. The average molecular weight is 314 g/mol. The predicted molar refractivity (Wildman–Crippen MR) is 86.1 cm³/mol. The smallest absolute Gasteiger partial charge is 0.334 e. The minimum atomic E-state index is -3.17. The van der Waals surface area contributed by atoms with Crippen molar-refractivity contribution in [2.75, 3.05) is 14.2 Å². The fraction of sp³-hybridized carbons (Fsp3) is 0.625. The molecule has 120 valence electrons. The summed E-state index contributed by atoms with van der Waals surface area (Å²) in [5, 5.41) is 10.4. The Morgan fingerprint density at radius 1 is 1.24 bits per heavy atom. The monoisotopic (exact) mass is 314 g/mol. The number of rotatable bonds is 7. The maximum Gasteiger partial charge on any atom is 0.334 e. The van der Waals surface area contributed by atoms with E-state index in [1.54, 1.807) is 6.07 Å². The first-order valence-corrected chi connectivity index (χ1v) is 8.95. The van der Waals surface area contributed by atoms with Crippen LogP contribution in [-0.4, -0.2) is 19.3 Å². The molecule has 0 atom stereocenters. The Balaban J connectivity index is 3.40. The molecule has 0 aliphatic carbocycles. The van der Waals surface area contributed by atoms with Gasteiger partial charge in [0.15, 0.2) is 0 Å². The molecule has 1 aromatic rings. The Kier molecular flexibility index (Phi) is 6.03. The van der Waals surface area contributed by atoms with E-state index < -0.39 is 7.60 Å². The third-order valence-corrected chi connectivity index (χ3v) is 5.66. The van der Waals surface area contributed by atoms with E-state index in [1.807, 2.05) is 13.0 Å². The fourth-order valence-electron chi connectivity index (χ4n) is 2.91. The van der Waals surface area contributed by atoms with E-state index in [-0.39, 0.29) is 17.3 Å². The third kappa shape index (κ3) is 4.32. The number of aryl methyl sites for hydroxylation is 1. The summed E-state index contributed by atoms with van der Waals surface area (Å²) >= 11 is 0. The molecule has 0 amide bonds. The van der Waals surface area contributed by atoms with Gasteiger partial charge in [-0.05, 0) is 36.0 Å². The maximum absolute atomic E-state index is 12.5. The van der Waals surface area contributed by atoms with Crippen molar-refractivity contribution in [2.24, 2.45) is 0 Å². The zero-order chi connectivity index (χ0) is 16.3. The fourth-order valence-corrected chi connectivity index (χ4v) is 3.98. The molecule has 1 aromatic carbocycles. The second-order valence-electron chi connectivity index (χ2n) is 6.09. The van der Waals surface area contributed by atoms with Gasteiger partial charge in [0.1, 0.15) is 5.75 Å². The summed E-state index contributed by atoms with van der Waals surface area (Å²) in [6, 6.07) is 3.71. The van der Waals surface area contributed by atoms with Crippen LogP contribution in [-0.2, 0) is 25.2 Å². The minimum absolute atomic E-state index is 0.164. The van der Waals surface area contributed by atoms with Gasteiger partial charge in [-0.15, -0.1) is 0 Å². The molecule has 0 aliphatic heterocycles. The summed E-state index contributed by atoms with van der Waals surface area (Å²) < 4.78 is 22.6. The topological polar surface area (TPSA) is 55.8 Å². The van der Waals surface area contributed by atoms with Crippen LogP contribution in [0.3, 0.4) is 0 Å². The van der Waals surface area contributed by atoms with E-state index >= 15 is 0 Å². The van der Waals surface area contributed by atoms with Gasteiger partial charge in [0.05, 0.1) is 6.16 Å². The number of phenolic OH excluding ortho intramolecular Hbond substituents is 1. The number of phenols is 1. The second-order valence-corrected chi connectivity index (χ2v) is 8.35. The second kappa shape index (κ2) is 6.95. The van der Waals surface area contributed by atoms with Gasteiger partial charge in [0, 0.05) is 19.8 Å². The molecule has 0 saturated carbocycles. The van der Waals surface area contributed by atoms with Gasteiger partial charge in [-0.1, -0.05) is 33.3 Å². The lowest BCUT2D eigenvalue weighted by atomic mass is 9.77. The molecule has 0 bridgehead atoms. The number of benzene rings is 1. The molecule has 21 heavy (non-hydrogen) atoms. The van der Waals surface area contributed by atoms with Crippen LogP contribution in [0.4, 0.5) is 0 Å². The van der Waals surface area contributed by atoms with Crippen LogP contribution in [0.2, 0.25) is 0 Å². The lowest BCUT2D eigenvalue weighted by molar-refractivity contribution is 0.274. The normalized spacial score (nSPS) is 12.7. The Morgan fingerprint density at radius 3 is 2.29 bits per heavy atom. The largest absolute Gasteiger partial charge is 0.508 e. The van der Waals surface area contributed by atoms with Crippen LogP contribution < -0.4 is 0 Å². The van der Waals surface area contributed by atoms with E-state index in [0.717, 1.165) is 29.5 Å². The van der Waals surface area contributed by atoms with Gasteiger partial charge in [-0.25, -0.2) is 0 Å². The van der Waals surface area contributed by atoms with Gasteiger partial charge in [0.2, 0.25) is 0 Å². The molecule has 0 spiro atoms. The highest BCUT2D eigenvalue weighted by molar-refractivity contribution is 7.52. The van der Waals surface area contributed by atoms with Gasteiger partial charge in [-0.3, -0.25) is 4.57 Å². The van der Waals surface area contributed by atoms with E-state index in [9.17, 15) is 9.67 Å². The summed E-state index contributed by atoms with van der Waals surface area (Å²) in [6.45, 7) is 8.20. The van der Waals surface area contributed by atoms with Crippen molar-refractivity contribution >= 4 is 7.60 Å². The molecule has 0 radical (unpaired) electrons. The van der Waals surface area contributed by atoms with E-state index in [1.165, 1.54) is 14.2 Å². The minimum Gasteiger partial charge on any atom is -0.508 e. The van der Waals surface area contributed by atoms with Gasteiger partial charge in [-0.2, -0.15) is 0 Å². The van der Waals surface area contributed by atoms with Crippen molar-refractivity contribution in [3.63, 3.8) is 0 Å². The summed E-state index contributed by atoms with van der Waals surface area (Å²) in [4.78, 5) is 0. The highest BCUT2D eigenvalue weighted by Crippen LogP contribution is 2.52. The van der Waals surface area contributed by atoms with Crippen molar-refractivity contribution in [1.29, 1.82) is 0 Å². The Bertz CT molecular complexity index is 529. The van der Waals surface area contributed by atoms with Gasteiger partial charge < -0.3 is 14.2 Å². The average Bonchev–Trinajstić information content (AvgIpc) is 2.37. The molecule has 0 unspecified atom stereocenters. The first kappa shape index (κ1) is 18.2. The maximum atomic E-state index is 12.5. The van der Waals surface area contributed by atoms with Crippen LogP contribution in [0.5, 0.6) is 5.75 Å². The lowest BCUT2D eigenvalue weighted by Gasteiger charge is -2.29. The molecule has 1 rings (SSSR count). The molecule has 0 saturated heterocycles. The number of hydrogen-bond donors (Lipinski definition) is 1. The van der Waals surface area contributed by atoms with Gasteiger partial charge in [0.25, 0.3) is 0 Å². The molecular weight excluding hydrogens is 287 g/mol. The van der Waals surface area contributed by atoms with Gasteiger partial charge >= 0.3 is 7.60 Å². The van der Waals surface area contributed by atoms with Crippen molar-refractivity contribution in [1.82, 2.24) is 0 Å². The van der Waals surface area contributed by atoms with Crippen LogP contribution >= 0.6 is 7.60 Å². The van der Waals surface area contributed by atoms with E-state index in [4.69, 9.17) is 9.05 Å². The molecule has 5 heteroatoms. The van der Waals surface area contributed by atoms with E-state index in [0.29, 0.717) is 0 Å². The van der Waals surface area contributed by atoms with Crippen molar-refractivity contribution in [3.8, 4) is 5.75 Å². The van der Waals surface area contributed by atoms with Crippen LogP contribution in [0.25, 0.3) is 0 Å². The number of hydrogen-bond acceptors (Lipinski definition) is 4. The summed E-state index contributed by atoms with van der Waals surface area (Å²) in [6.07, 6.45) is 2.10. The highest BCUT2D eigenvalue weighted by atomic mass is 31.2. The van der Waals surface area contributed by atoms with Crippen LogP contribution in [0.1, 0.15) is 50.3 Å². The van der Waals surface area contributed by atoms with Crippen molar-refractivity contribution in [3.05, 3.63) is 28.8 Å². The molecule has 4 nitrogen and oxygen atoms in total. The molecule has 0 aliphatic rings. The molecule has 1 N–H and O–H groups in total. The van der Waals surface area contributed by atoms with Crippen LogP contribution in [0, 0.1) is 6.92 Å². The van der Waals surface area contributed by atoms with Crippen molar-refractivity contribution in [2.45, 2.75) is 52.1 Å². The predicted octanol–water partition coefficient (Wildman–Crippen LogP) is 4.76. The number of aromatic hydroxyl groups is 1. The standard InChI is InChI=1S/C16H27O4P/c1-7-8-16(3,4)15-13(9-12(2)10-14(15)17)11-21(18,19-5)20-6/h9-10,17H,7-8,11H2,1-6H3. The molecular formula is C16H27O4P. The quantitative estimate of drug-likeness (QED) is 0.737. The molecule has 0 aromatic heterocycles. The zero-order valence-electron chi connectivity index (χ0n) is 13.9.